The number of hydrogen-bond acceptors (Lipinski definition) is 10. The molecule has 2 amide bonds. The highest BCUT2D eigenvalue weighted by molar-refractivity contribution is 8.76. The Morgan fingerprint density at radius 2 is 1.74 bits per heavy atom. The maximum Gasteiger partial charge on any atom is 0.327 e. The van der Waals surface area contributed by atoms with Crippen LogP contribution in [0.3, 0.4) is 0 Å². The normalized spacial score (nSPS) is 18.6. The molecule has 1 rings (SSSR count). The van der Waals surface area contributed by atoms with Crippen LogP contribution in [0, 0.1) is 5.92 Å². The standard InChI is InChI=1S/C25H43N3O8S2/c1-3-20(18-8-4-5-9-21(18)36-23(31)10-6-13-26)35-24(32)11-7-14-27-22(30)12-15-37-38-16-19(25(33)34)28-17(2)29/h18-21H,3-16,26H2,1-2H3,(H,27,30)(H,28,29)(H,33,34). The Labute approximate surface area is 232 Å². The van der Waals surface area contributed by atoms with Gasteiger partial charge in [0.25, 0.3) is 0 Å². The number of hydrogen-bond donors (Lipinski definition) is 4. The summed E-state index contributed by atoms with van der Waals surface area (Å²) in [6.45, 7) is 4.00. The third-order valence-electron chi connectivity index (χ3n) is 6.07. The Morgan fingerprint density at radius 1 is 1.03 bits per heavy atom. The minimum Gasteiger partial charge on any atom is -0.480 e. The molecule has 1 saturated carbocycles. The van der Waals surface area contributed by atoms with Crippen molar-refractivity contribution in [2.24, 2.45) is 11.7 Å². The monoisotopic (exact) mass is 577 g/mol. The zero-order chi connectivity index (χ0) is 28.3. The number of amides is 2. The first-order chi connectivity index (χ1) is 18.2. The van der Waals surface area contributed by atoms with Crippen LogP contribution in [0.2, 0.25) is 0 Å². The van der Waals surface area contributed by atoms with Gasteiger partial charge in [-0.15, -0.1) is 0 Å². The number of carboxylic acids is 1. The van der Waals surface area contributed by atoms with Gasteiger partial charge in [-0.2, -0.15) is 0 Å². The van der Waals surface area contributed by atoms with Crippen molar-refractivity contribution in [3.63, 3.8) is 0 Å². The van der Waals surface area contributed by atoms with E-state index < -0.39 is 17.9 Å². The predicted octanol–water partition coefficient (Wildman–Crippen LogP) is 2.41. The van der Waals surface area contributed by atoms with Crippen molar-refractivity contribution in [1.82, 2.24) is 10.6 Å². The highest BCUT2D eigenvalue weighted by atomic mass is 33.1. The lowest BCUT2D eigenvalue weighted by atomic mass is 9.81. The third kappa shape index (κ3) is 14.8. The SMILES string of the molecule is CCC(OC(=O)CCCNC(=O)CCSSCC(NC(C)=O)C(=O)O)C1CCCCC1OC(=O)CCCN. The largest absolute Gasteiger partial charge is 0.480 e. The van der Waals surface area contributed by atoms with Gasteiger partial charge in [-0.05, 0) is 45.1 Å². The van der Waals surface area contributed by atoms with Crippen molar-refractivity contribution in [3.8, 4) is 0 Å². The molecule has 0 aromatic rings. The van der Waals surface area contributed by atoms with Gasteiger partial charge in [0.05, 0.1) is 0 Å². The van der Waals surface area contributed by atoms with Gasteiger partial charge in [-0.1, -0.05) is 34.9 Å². The second kappa shape index (κ2) is 20.0. The van der Waals surface area contributed by atoms with Gasteiger partial charge >= 0.3 is 17.9 Å². The zero-order valence-corrected chi connectivity index (χ0v) is 24.0. The lowest BCUT2D eigenvalue weighted by Gasteiger charge is -2.35. The van der Waals surface area contributed by atoms with Crippen LogP contribution in [0.25, 0.3) is 0 Å². The molecule has 218 valence electrons. The van der Waals surface area contributed by atoms with Crippen LogP contribution < -0.4 is 16.4 Å². The number of carboxylic acid groups (broad SMARTS) is 1. The van der Waals surface area contributed by atoms with Crippen LogP contribution in [0.1, 0.15) is 78.1 Å². The minimum atomic E-state index is -1.10. The molecule has 4 atom stereocenters. The molecule has 11 nitrogen and oxygen atoms in total. The number of carbonyl (C=O) groups is 5. The molecule has 5 N–H and O–H groups in total. The van der Waals surface area contributed by atoms with Crippen molar-refractivity contribution in [3.05, 3.63) is 0 Å². The van der Waals surface area contributed by atoms with E-state index in [4.69, 9.17) is 20.3 Å². The number of rotatable bonds is 19. The van der Waals surface area contributed by atoms with Crippen molar-refractivity contribution < 1.29 is 38.6 Å². The molecule has 0 saturated heterocycles. The van der Waals surface area contributed by atoms with Gasteiger partial charge in [-0.3, -0.25) is 19.2 Å². The van der Waals surface area contributed by atoms with Crippen LogP contribution in [0.15, 0.2) is 0 Å². The van der Waals surface area contributed by atoms with Gasteiger partial charge in [0.2, 0.25) is 11.8 Å². The topological polar surface area (TPSA) is 174 Å². The van der Waals surface area contributed by atoms with Crippen molar-refractivity contribution >= 4 is 51.3 Å². The maximum absolute atomic E-state index is 12.5. The van der Waals surface area contributed by atoms with E-state index in [2.05, 4.69) is 10.6 Å². The van der Waals surface area contributed by atoms with Gasteiger partial charge in [0.1, 0.15) is 18.2 Å². The fourth-order valence-electron chi connectivity index (χ4n) is 4.15. The first-order valence-electron chi connectivity index (χ1n) is 13.3. The first kappa shape index (κ1) is 34.0. The fraction of sp³-hybridized carbons (Fsp3) is 0.800. The molecular weight excluding hydrogens is 534 g/mol. The molecule has 1 aliphatic rings. The van der Waals surface area contributed by atoms with E-state index in [0.717, 1.165) is 25.7 Å². The van der Waals surface area contributed by atoms with E-state index in [1.165, 1.54) is 28.5 Å². The summed E-state index contributed by atoms with van der Waals surface area (Å²) in [7, 11) is 2.64. The lowest BCUT2D eigenvalue weighted by molar-refractivity contribution is -0.165. The number of nitrogens with two attached hydrogens (primary N) is 1. The Bertz CT molecular complexity index is 771. The first-order valence-corrected chi connectivity index (χ1v) is 15.8. The average Bonchev–Trinajstić information content (AvgIpc) is 2.87. The summed E-state index contributed by atoms with van der Waals surface area (Å²) in [5, 5.41) is 14.2. The summed E-state index contributed by atoms with van der Waals surface area (Å²) in [6.07, 6.45) is 5.43. The van der Waals surface area contributed by atoms with E-state index in [1.807, 2.05) is 6.92 Å². The molecule has 0 heterocycles. The van der Waals surface area contributed by atoms with Gasteiger partial charge in [0.15, 0.2) is 0 Å². The second-order valence-corrected chi connectivity index (χ2v) is 11.8. The van der Waals surface area contributed by atoms with Gasteiger partial charge in [0, 0.05) is 50.2 Å². The Kier molecular flexibility index (Phi) is 17.9. The van der Waals surface area contributed by atoms with E-state index >= 15 is 0 Å². The Balaban J connectivity index is 2.28. The van der Waals surface area contributed by atoms with Gasteiger partial charge < -0.3 is 30.9 Å². The van der Waals surface area contributed by atoms with E-state index in [1.54, 1.807) is 0 Å². The predicted molar refractivity (Wildman–Crippen MR) is 147 cm³/mol. The molecule has 0 aromatic heterocycles. The molecule has 38 heavy (non-hydrogen) atoms. The molecular formula is C25H43N3O8S2. The molecule has 0 aliphatic heterocycles. The number of aliphatic carboxylic acids is 1. The number of nitrogens with one attached hydrogen (secondary N) is 2. The molecule has 0 aromatic carbocycles. The summed E-state index contributed by atoms with van der Waals surface area (Å²) in [5.41, 5.74) is 5.47. The molecule has 4 unspecified atom stereocenters. The highest BCUT2D eigenvalue weighted by Crippen LogP contribution is 2.32. The summed E-state index contributed by atoms with van der Waals surface area (Å²) in [6, 6.07) is -0.966. The molecule has 13 heteroatoms. The van der Waals surface area contributed by atoms with E-state index in [0.29, 0.717) is 44.5 Å². The maximum atomic E-state index is 12.5. The number of ether oxygens (including phenoxy) is 2. The van der Waals surface area contributed by atoms with Crippen LogP contribution in [0.4, 0.5) is 0 Å². The summed E-state index contributed by atoms with van der Waals surface area (Å²) in [4.78, 5) is 58.7. The van der Waals surface area contributed by atoms with Crippen LogP contribution in [-0.4, -0.2) is 77.7 Å². The number of carbonyl (C=O) groups excluding carboxylic acids is 4. The zero-order valence-electron chi connectivity index (χ0n) is 22.4. The molecule has 0 spiro atoms. The van der Waals surface area contributed by atoms with E-state index in [9.17, 15) is 24.0 Å². The smallest absolute Gasteiger partial charge is 0.327 e. The van der Waals surface area contributed by atoms with Crippen molar-refractivity contribution in [2.45, 2.75) is 96.3 Å². The summed E-state index contributed by atoms with van der Waals surface area (Å²) < 4.78 is 11.5. The molecule has 1 aliphatic carbocycles. The van der Waals surface area contributed by atoms with Crippen molar-refractivity contribution in [2.75, 3.05) is 24.6 Å². The Hall–Kier alpha value is -1.99. The van der Waals surface area contributed by atoms with Crippen LogP contribution in [0.5, 0.6) is 0 Å². The van der Waals surface area contributed by atoms with Crippen LogP contribution in [-0.2, 0) is 33.4 Å². The quantitative estimate of drug-likeness (QED) is 0.101. The summed E-state index contributed by atoms with van der Waals surface area (Å²) >= 11 is 0. The highest BCUT2D eigenvalue weighted by Gasteiger charge is 2.35. The lowest BCUT2D eigenvalue weighted by Crippen LogP contribution is -2.41. The second-order valence-electron chi connectivity index (χ2n) is 9.21. The average molecular weight is 578 g/mol. The molecule has 0 radical (unpaired) electrons. The third-order valence-corrected chi connectivity index (χ3v) is 8.49. The minimum absolute atomic E-state index is 0.0152. The molecule has 0 bridgehead atoms. The van der Waals surface area contributed by atoms with E-state index in [-0.39, 0.29) is 54.6 Å². The summed E-state index contributed by atoms with van der Waals surface area (Å²) in [5.74, 6) is -1.58. The van der Waals surface area contributed by atoms with Crippen molar-refractivity contribution in [1.29, 1.82) is 0 Å². The Morgan fingerprint density at radius 3 is 2.39 bits per heavy atom. The number of esters is 2. The molecule has 1 fully saturated rings. The van der Waals surface area contributed by atoms with Gasteiger partial charge in [-0.25, -0.2) is 4.79 Å². The fourth-order valence-corrected chi connectivity index (χ4v) is 6.30. The van der Waals surface area contributed by atoms with Crippen LogP contribution >= 0.6 is 21.6 Å².